The monoisotopic (exact) mass is 282 g/mol. The van der Waals surface area contributed by atoms with Gasteiger partial charge in [-0.2, -0.15) is 4.31 Å². The molecular weight excluding hydrogens is 260 g/mol. The fourth-order valence-corrected chi connectivity index (χ4v) is 4.15. The van der Waals surface area contributed by atoms with Gasteiger partial charge in [0.15, 0.2) is 0 Å². The molecule has 2 rings (SSSR count). The van der Waals surface area contributed by atoms with E-state index in [1.165, 1.54) is 5.56 Å². The lowest BCUT2D eigenvalue weighted by Crippen LogP contribution is -2.32. The smallest absolute Gasteiger partial charge is 0.218 e. The quantitative estimate of drug-likeness (QED) is 0.913. The van der Waals surface area contributed by atoms with E-state index in [4.69, 9.17) is 5.73 Å². The molecule has 0 aromatic heterocycles. The van der Waals surface area contributed by atoms with Gasteiger partial charge in [0, 0.05) is 19.6 Å². The molecule has 0 saturated carbocycles. The van der Waals surface area contributed by atoms with E-state index in [2.05, 4.69) is 26.0 Å². The Morgan fingerprint density at radius 3 is 2.42 bits per heavy atom. The van der Waals surface area contributed by atoms with Crippen LogP contribution in [-0.2, 0) is 16.6 Å². The zero-order chi connectivity index (χ0) is 14.0. The molecule has 0 amide bonds. The van der Waals surface area contributed by atoms with Gasteiger partial charge in [0.1, 0.15) is 0 Å². The van der Waals surface area contributed by atoms with E-state index >= 15 is 0 Å². The minimum atomic E-state index is -3.19. The molecular formula is C14H22N2O2S. The van der Waals surface area contributed by atoms with Gasteiger partial charge in [0.25, 0.3) is 0 Å². The topological polar surface area (TPSA) is 63.4 Å². The predicted octanol–water partition coefficient (Wildman–Crippen LogP) is 1.67. The standard InChI is InChI=1S/C14H22N2O2S/c1-11(2)13-5-3-12(4-6-13)10-16-8-7-14(9-15)19(16,17)18/h3-6,11,14H,7-10,15H2,1-2H3. The average molecular weight is 282 g/mol. The first kappa shape index (κ1) is 14.5. The van der Waals surface area contributed by atoms with E-state index in [9.17, 15) is 8.42 Å². The molecule has 1 aromatic rings. The zero-order valence-corrected chi connectivity index (χ0v) is 12.4. The maximum absolute atomic E-state index is 12.1. The van der Waals surface area contributed by atoms with Crippen molar-refractivity contribution in [2.24, 2.45) is 5.73 Å². The fourth-order valence-electron chi connectivity index (χ4n) is 2.40. The fraction of sp³-hybridized carbons (Fsp3) is 0.571. The first-order valence-electron chi connectivity index (χ1n) is 6.73. The summed E-state index contributed by atoms with van der Waals surface area (Å²) in [4.78, 5) is 0. The number of sulfonamides is 1. The number of rotatable bonds is 4. The van der Waals surface area contributed by atoms with Crippen LogP contribution in [0.25, 0.3) is 0 Å². The van der Waals surface area contributed by atoms with Gasteiger partial charge in [-0.05, 0) is 23.5 Å². The summed E-state index contributed by atoms with van der Waals surface area (Å²) in [6, 6.07) is 8.17. The van der Waals surface area contributed by atoms with Gasteiger partial charge in [-0.3, -0.25) is 0 Å². The molecule has 1 heterocycles. The van der Waals surface area contributed by atoms with Crippen LogP contribution in [0, 0.1) is 0 Å². The molecule has 5 heteroatoms. The molecule has 1 fully saturated rings. The summed E-state index contributed by atoms with van der Waals surface area (Å²) in [5, 5.41) is -0.401. The summed E-state index contributed by atoms with van der Waals surface area (Å²) >= 11 is 0. The molecule has 1 aliphatic rings. The normalized spacial score (nSPS) is 23.1. The molecule has 19 heavy (non-hydrogen) atoms. The molecule has 0 bridgehead atoms. The molecule has 1 atom stereocenters. The van der Waals surface area contributed by atoms with Crippen LogP contribution in [-0.4, -0.2) is 31.1 Å². The van der Waals surface area contributed by atoms with E-state index in [1.54, 1.807) is 4.31 Å². The summed E-state index contributed by atoms with van der Waals surface area (Å²) in [7, 11) is -3.19. The van der Waals surface area contributed by atoms with Crippen molar-refractivity contribution < 1.29 is 8.42 Å². The SMILES string of the molecule is CC(C)c1ccc(CN2CCC(CN)S2(=O)=O)cc1. The highest BCUT2D eigenvalue weighted by atomic mass is 32.2. The van der Waals surface area contributed by atoms with Crippen molar-refractivity contribution in [3.63, 3.8) is 0 Å². The summed E-state index contributed by atoms with van der Waals surface area (Å²) in [5.41, 5.74) is 7.82. The Kier molecular flexibility index (Phi) is 4.28. The molecule has 2 N–H and O–H groups in total. The number of nitrogens with zero attached hydrogens (tertiary/aromatic N) is 1. The van der Waals surface area contributed by atoms with Gasteiger partial charge in [0.2, 0.25) is 10.0 Å². The van der Waals surface area contributed by atoms with Crippen molar-refractivity contribution in [1.82, 2.24) is 4.31 Å². The van der Waals surface area contributed by atoms with Crippen molar-refractivity contribution >= 4 is 10.0 Å². The second-order valence-electron chi connectivity index (χ2n) is 5.42. The largest absolute Gasteiger partial charge is 0.329 e. The van der Waals surface area contributed by atoms with Crippen LogP contribution >= 0.6 is 0 Å². The van der Waals surface area contributed by atoms with Crippen LogP contribution < -0.4 is 5.73 Å². The second kappa shape index (κ2) is 5.61. The minimum Gasteiger partial charge on any atom is -0.329 e. The molecule has 1 unspecified atom stereocenters. The van der Waals surface area contributed by atoms with Crippen molar-refractivity contribution in [1.29, 1.82) is 0 Å². The molecule has 4 nitrogen and oxygen atoms in total. The third kappa shape index (κ3) is 2.99. The third-order valence-electron chi connectivity index (χ3n) is 3.75. The molecule has 0 spiro atoms. The van der Waals surface area contributed by atoms with E-state index in [-0.39, 0.29) is 6.54 Å². The summed E-state index contributed by atoms with van der Waals surface area (Å²) in [5.74, 6) is 0.492. The first-order chi connectivity index (χ1) is 8.95. The Hall–Kier alpha value is -0.910. The highest BCUT2D eigenvalue weighted by Crippen LogP contribution is 2.24. The lowest BCUT2D eigenvalue weighted by Gasteiger charge is -2.16. The lowest BCUT2D eigenvalue weighted by molar-refractivity contribution is 0.439. The van der Waals surface area contributed by atoms with Crippen molar-refractivity contribution in [2.75, 3.05) is 13.1 Å². The highest BCUT2D eigenvalue weighted by Gasteiger charge is 2.37. The van der Waals surface area contributed by atoms with Crippen molar-refractivity contribution in [3.8, 4) is 0 Å². The van der Waals surface area contributed by atoms with Gasteiger partial charge in [-0.25, -0.2) is 8.42 Å². The molecule has 1 aliphatic heterocycles. The number of hydrogen-bond acceptors (Lipinski definition) is 3. The number of hydrogen-bond donors (Lipinski definition) is 1. The lowest BCUT2D eigenvalue weighted by atomic mass is 10.0. The average Bonchev–Trinajstić information content (AvgIpc) is 2.65. The zero-order valence-electron chi connectivity index (χ0n) is 11.5. The van der Waals surface area contributed by atoms with Crippen LogP contribution in [0.1, 0.15) is 37.3 Å². The Labute approximate surface area is 115 Å². The Balaban J connectivity index is 2.10. The van der Waals surface area contributed by atoms with Crippen LogP contribution in [0.15, 0.2) is 24.3 Å². The van der Waals surface area contributed by atoms with E-state index in [0.29, 0.717) is 25.4 Å². The molecule has 0 aliphatic carbocycles. The maximum Gasteiger partial charge on any atom is 0.218 e. The maximum atomic E-state index is 12.1. The number of nitrogens with two attached hydrogens (primary N) is 1. The Bertz CT molecular complexity index is 523. The highest BCUT2D eigenvalue weighted by molar-refractivity contribution is 7.90. The predicted molar refractivity (Wildman–Crippen MR) is 77.3 cm³/mol. The van der Waals surface area contributed by atoms with Gasteiger partial charge in [-0.1, -0.05) is 38.1 Å². The Morgan fingerprint density at radius 1 is 1.32 bits per heavy atom. The van der Waals surface area contributed by atoms with Crippen molar-refractivity contribution in [3.05, 3.63) is 35.4 Å². The van der Waals surface area contributed by atoms with Gasteiger partial charge in [0.05, 0.1) is 5.25 Å². The Morgan fingerprint density at radius 2 is 1.95 bits per heavy atom. The van der Waals surface area contributed by atoms with E-state index in [1.807, 2.05) is 12.1 Å². The van der Waals surface area contributed by atoms with Crippen LogP contribution in [0.3, 0.4) is 0 Å². The first-order valence-corrected chi connectivity index (χ1v) is 8.23. The van der Waals surface area contributed by atoms with Crippen LogP contribution in [0.2, 0.25) is 0 Å². The third-order valence-corrected chi connectivity index (χ3v) is 6.05. The molecule has 106 valence electrons. The van der Waals surface area contributed by atoms with Gasteiger partial charge in [-0.15, -0.1) is 0 Å². The van der Waals surface area contributed by atoms with Crippen LogP contribution in [0.5, 0.6) is 0 Å². The van der Waals surface area contributed by atoms with Gasteiger partial charge < -0.3 is 5.73 Å². The molecule has 1 saturated heterocycles. The van der Waals surface area contributed by atoms with Crippen LogP contribution in [0.4, 0.5) is 0 Å². The molecule has 1 aromatic carbocycles. The summed E-state index contributed by atoms with van der Waals surface area (Å²) < 4.78 is 25.8. The minimum absolute atomic E-state index is 0.213. The van der Waals surface area contributed by atoms with Gasteiger partial charge >= 0.3 is 0 Å². The van der Waals surface area contributed by atoms with Crippen molar-refractivity contribution in [2.45, 2.75) is 38.0 Å². The number of benzene rings is 1. The molecule has 0 radical (unpaired) electrons. The van der Waals surface area contributed by atoms with E-state index < -0.39 is 15.3 Å². The second-order valence-corrected chi connectivity index (χ2v) is 7.63. The summed E-state index contributed by atoms with van der Waals surface area (Å²) in [6.45, 7) is 5.54. The van der Waals surface area contributed by atoms with E-state index in [0.717, 1.165) is 5.56 Å². The summed E-state index contributed by atoms with van der Waals surface area (Å²) in [6.07, 6.45) is 0.642.